The average molecular weight is 267 g/mol. The number of thioether (sulfide) groups is 1. The monoisotopic (exact) mass is 267 g/mol. The molecule has 0 radical (unpaired) electrons. The van der Waals surface area contributed by atoms with Gasteiger partial charge in [0.2, 0.25) is 0 Å². The Morgan fingerprint density at radius 2 is 1.89 bits per heavy atom. The van der Waals surface area contributed by atoms with Crippen LogP contribution in [0, 0.1) is 5.82 Å². The first-order chi connectivity index (χ1) is 8.79. The van der Waals surface area contributed by atoms with Gasteiger partial charge in [0.15, 0.2) is 0 Å². The van der Waals surface area contributed by atoms with Crippen molar-refractivity contribution < 1.29 is 4.39 Å². The minimum absolute atomic E-state index is 0.150. The molecule has 2 rings (SSSR count). The Morgan fingerprint density at radius 1 is 1.17 bits per heavy atom. The number of rotatable bonds is 4. The van der Waals surface area contributed by atoms with Gasteiger partial charge in [0, 0.05) is 16.2 Å². The molecule has 1 aromatic carbocycles. The third-order valence-electron chi connectivity index (χ3n) is 3.52. The van der Waals surface area contributed by atoms with E-state index in [-0.39, 0.29) is 5.82 Å². The van der Waals surface area contributed by atoms with Crippen LogP contribution in [0.3, 0.4) is 0 Å². The zero-order valence-corrected chi connectivity index (χ0v) is 11.8. The van der Waals surface area contributed by atoms with Crippen molar-refractivity contribution in [3.63, 3.8) is 0 Å². The van der Waals surface area contributed by atoms with Crippen LogP contribution in [0.25, 0.3) is 0 Å². The summed E-state index contributed by atoms with van der Waals surface area (Å²) in [6.45, 7) is 3.20. The third kappa shape index (κ3) is 3.99. The van der Waals surface area contributed by atoms with E-state index in [2.05, 4.69) is 12.2 Å². The van der Waals surface area contributed by atoms with Crippen LogP contribution in [0.4, 0.5) is 4.39 Å². The Morgan fingerprint density at radius 3 is 2.61 bits per heavy atom. The fraction of sp³-hybridized carbons (Fsp3) is 0.600. The van der Waals surface area contributed by atoms with Crippen molar-refractivity contribution in [3.05, 3.63) is 30.1 Å². The minimum atomic E-state index is -0.150. The van der Waals surface area contributed by atoms with E-state index in [1.807, 2.05) is 23.9 Å². The summed E-state index contributed by atoms with van der Waals surface area (Å²) >= 11 is 1.91. The predicted molar refractivity (Wildman–Crippen MR) is 76.6 cm³/mol. The maximum absolute atomic E-state index is 12.9. The molecular formula is C15H22FNS. The normalized spacial score (nSPS) is 24.8. The van der Waals surface area contributed by atoms with Crippen molar-refractivity contribution in [2.24, 2.45) is 0 Å². The van der Waals surface area contributed by atoms with Gasteiger partial charge in [-0.05, 0) is 43.7 Å². The van der Waals surface area contributed by atoms with Gasteiger partial charge >= 0.3 is 0 Å². The van der Waals surface area contributed by atoms with E-state index in [9.17, 15) is 4.39 Å². The van der Waals surface area contributed by atoms with Crippen LogP contribution in [0.15, 0.2) is 29.2 Å². The third-order valence-corrected chi connectivity index (χ3v) is 4.93. The van der Waals surface area contributed by atoms with Crippen LogP contribution in [0.1, 0.15) is 39.0 Å². The second-order valence-electron chi connectivity index (χ2n) is 4.91. The lowest BCUT2D eigenvalue weighted by atomic mass is 10.1. The van der Waals surface area contributed by atoms with E-state index in [1.165, 1.54) is 37.0 Å². The highest BCUT2D eigenvalue weighted by atomic mass is 32.2. The molecule has 1 N–H and O–H groups in total. The van der Waals surface area contributed by atoms with Crippen molar-refractivity contribution in [1.29, 1.82) is 0 Å². The molecule has 1 aromatic rings. The average Bonchev–Trinajstić information content (AvgIpc) is 2.59. The Balaban J connectivity index is 2.01. The SMILES string of the molecule is CCNC1CCCCCC1Sc1ccc(F)cc1. The molecule has 2 unspecified atom stereocenters. The first kappa shape index (κ1) is 13.9. The van der Waals surface area contributed by atoms with Gasteiger partial charge in [0.05, 0.1) is 0 Å². The van der Waals surface area contributed by atoms with E-state index in [0.29, 0.717) is 11.3 Å². The topological polar surface area (TPSA) is 12.0 Å². The molecule has 0 heterocycles. The second-order valence-corrected chi connectivity index (χ2v) is 6.23. The molecule has 0 bridgehead atoms. The van der Waals surface area contributed by atoms with E-state index < -0.39 is 0 Å². The summed E-state index contributed by atoms with van der Waals surface area (Å²) in [6.07, 6.45) is 6.54. The van der Waals surface area contributed by atoms with E-state index in [4.69, 9.17) is 0 Å². The molecule has 2 atom stereocenters. The van der Waals surface area contributed by atoms with Gasteiger partial charge in [-0.25, -0.2) is 4.39 Å². The molecular weight excluding hydrogens is 245 g/mol. The first-order valence-electron chi connectivity index (χ1n) is 6.95. The molecule has 100 valence electrons. The Kier molecular flexibility index (Phi) is 5.51. The standard InChI is InChI=1S/C15H22FNS/c1-2-17-14-6-4-3-5-7-15(14)18-13-10-8-12(16)9-11-13/h8-11,14-15,17H,2-7H2,1H3. The Labute approximate surface area is 114 Å². The highest BCUT2D eigenvalue weighted by Crippen LogP contribution is 2.33. The fourth-order valence-electron chi connectivity index (χ4n) is 2.60. The van der Waals surface area contributed by atoms with Crippen LogP contribution in [-0.4, -0.2) is 17.8 Å². The van der Waals surface area contributed by atoms with Gasteiger partial charge < -0.3 is 5.32 Å². The van der Waals surface area contributed by atoms with Gasteiger partial charge in [0.25, 0.3) is 0 Å². The zero-order valence-electron chi connectivity index (χ0n) is 11.0. The van der Waals surface area contributed by atoms with Crippen LogP contribution >= 0.6 is 11.8 Å². The van der Waals surface area contributed by atoms with Crippen molar-refractivity contribution in [2.45, 2.75) is 55.2 Å². The number of hydrogen-bond donors (Lipinski definition) is 1. The molecule has 0 saturated heterocycles. The smallest absolute Gasteiger partial charge is 0.123 e. The van der Waals surface area contributed by atoms with Crippen molar-refractivity contribution >= 4 is 11.8 Å². The Bertz CT molecular complexity index is 352. The van der Waals surface area contributed by atoms with Crippen LogP contribution < -0.4 is 5.32 Å². The quantitative estimate of drug-likeness (QED) is 0.819. The summed E-state index contributed by atoms with van der Waals surface area (Å²) in [5.41, 5.74) is 0. The van der Waals surface area contributed by atoms with Crippen LogP contribution in [-0.2, 0) is 0 Å². The largest absolute Gasteiger partial charge is 0.313 e. The number of nitrogens with one attached hydrogen (secondary N) is 1. The first-order valence-corrected chi connectivity index (χ1v) is 7.83. The molecule has 0 spiro atoms. The van der Waals surface area contributed by atoms with Crippen molar-refractivity contribution in [3.8, 4) is 0 Å². The zero-order chi connectivity index (χ0) is 12.8. The molecule has 1 fully saturated rings. The number of benzene rings is 1. The summed E-state index contributed by atoms with van der Waals surface area (Å²) < 4.78 is 12.9. The highest BCUT2D eigenvalue weighted by Gasteiger charge is 2.23. The van der Waals surface area contributed by atoms with Gasteiger partial charge in [0.1, 0.15) is 5.82 Å². The molecule has 18 heavy (non-hydrogen) atoms. The molecule has 3 heteroatoms. The number of halogens is 1. The van der Waals surface area contributed by atoms with Crippen molar-refractivity contribution in [2.75, 3.05) is 6.54 Å². The molecule has 1 aliphatic carbocycles. The van der Waals surface area contributed by atoms with Crippen LogP contribution in [0.2, 0.25) is 0 Å². The maximum Gasteiger partial charge on any atom is 0.123 e. The molecule has 1 saturated carbocycles. The molecule has 0 amide bonds. The summed E-state index contributed by atoms with van der Waals surface area (Å²) in [4.78, 5) is 1.19. The molecule has 1 nitrogen and oxygen atoms in total. The van der Waals surface area contributed by atoms with E-state index in [1.54, 1.807) is 12.1 Å². The van der Waals surface area contributed by atoms with Crippen molar-refractivity contribution in [1.82, 2.24) is 5.32 Å². The summed E-state index contributed by atoms with van der Waals surface area (Å²) in [5, 5.41) is 4.23. The maximum atomic E-state index is 12.9. The lowest BCUT2D eigenvalue weighted by molar-refractivity contribution is 0.482. The summed E-state index contributed by atoms with van der Waals surface area (Å²) in [7, 11) is 0. The fourth-order valence-corrected chi connectivity index (χ4v) is 3.92. The highest BCUT2D eigenvalue weighted by molar-refractivity contribution is 8.00. The molecule has 0 aliphatic heterocycles. The van der Waals surface area contributed by atoms with E-state index >= 15 is 0 Å². The number of hydrogen-bond acceptors (Lipinski definition) is 2. The van der Waals surface area contributed by atoms with Gasteiger partial charge in [-0.15, -0.1) is 11.8 Å². The summed E-state index contributed by atoms with van der Waals surface area (Å²) in [6, 6.07) is 7.51. The summed E-state index contributed by atoms with van der Waals surface area (Å²) in [5.74, 6) is -0.150. The minimum Gasteiger partial charge on any atom is -0.313 e. The Hall–Kier alpha value is -0.540. The van der Waals surface area contributed by atoms with Gasteiger partial charge in [-0.3, -0.25) is 0 Å². The molecule has 1 aliphatic rings. The molecule has 0 aromatic heterocycles. The predicted octanol–water partition coefficient (Wildman–Crippen LogP) is 4.23. The second kappa shape index (κ2) is 7.15. The lowest BCUT2D eigenvalue weighted by Crippen LogP contribution is -2.37. The van der Waals surface area contributed by atoms with E-state index in [0.717, 1.165) is 6.54 Å². The van der Waals surface area contributed by atoms with Gasteiger partial charge in [-0.2, -0.15) is 0 Å². The lowest BCUT2D eigenvalue weighted by Gasteiger charge is -2.25. The van der Waals surface area contributed by atoms with Gasteiger partial charge in [-0.1, -0.05) is 26.2 Å². The van der Waals surface area contributed by atoms with Crippen LogP contribution in [0.5, 0.6) is 0 Å².